The zero-order valence-corrected chi connectivity index (χ0v) is 17.6. The molecule has 0 amide bonds. The third-order valence-corrected chi connectivity index (χ3v) is 7.21. The zero-order chi connectivity index (χ0) is 19.3. The van der Waals surface area contributed by atoms with Crippen molar-refractivity contribution in [3.8, 4) is 11.5 Å². The van der Waals surface area contributed by atoms with Crippen molar-refractivity contribution in [1.29, 1.82) is 0 Å². The minimum Gasteiger partial charge on any atom is -0.493 e. The van der Waals surface area contributed by atoms with Gasteiger partial charge in [-0.3, -0.25) is 0 Å². The van der Waals surface area contributed by atoms with Crippen LogP contribution in [0, 0.1) is 16.7 Å². The Hall–Kier alpha value is -1.19. The number of halogens is 1. The maximum atomic E-state index is 6.48. The Kier molecular flexibility index (Phi) is 4.75. The SMILES string of the molecule is C=CCOc1c(Cl)cc(CNC23CC4C[C@@](C)(C2)C[C@](C)(C4)C3)cc1OC. The van der Waals surface area contributed by atoms with Crippen molar-refractivity contribution in [2.45, 2.75) is 64.5 Å². The molecule has 4 bridgehead atoms. The highest BCUT2D eigenvalue weighted by Crippen LogP contribution is 2.66. The summed E-state index contributed by atoms with van der Waals surface area (Å²) in [7, 11) is 1.66. The van der Waals surface area contributed by atoms with Gasteiger partial charge in [0.25, 0.3) is 0 Å². The summed E-state index contributed by atoms with van der Waals surface area (Å²) in [5, 5.41) is 4.56. The van der Waals surface area contributed by atoms with Gasteiger partial charge in [0.15, 0.2) is 11.5 Å². The highest BCUT2D eigenvalue weighted by atomic mass is 35.5. The lowest BCUT2D eigenvalue weighted by Crippen LogP contribution is -2.63. The van der Waals surface area contributed by atoms with Gasteiger partial charge in [-0.1, -0.05) is 38.1 Å². The van der Waals surface area contributed by atoms with Crippen molar-refractivity contribution in [1.82, 2.24) is 5.32 Å². The number of hydrogen-bond donors (Lipinski definition) is 1. The fourth-order valence-electron chi connectivity index (χ4n) is 7.09. The molecule has 0 radical (unpaired) electrons. The van der Waals surface area contributed by atoms with Gasteiger partial charge in [-0.2, -0.15) is 0 Å². The molecule has 1 aromatic rings. The predicted molar refractivity (Wildman–Crippen MR) is 111 cm³/mol. The molecule has 1 aromatic carbocycles. The topological polar surface area (TPSA) is 30.5 Å². The van der Waals surface area contributed by atoms with Gasteiger partial charge in [-0.25, -0.2) is 0 Å². The first-order valence-corrected chi connectivity index (χ1v) is 10.5. The summed E-state index contributed by atoms with van der Waals surface area (Å²) in [6, 6.07) is 4.04. The van der Waals surface area contributed by atoms with Gasteiger partial charge in [0.05, 0.1) is 12.1 Å². The number of hydrogen-bond acceptors (Lipinski definition) is 3. The highest BCUT2D eigenvalue weighted by Gasteiger charge is 2.59. The zero-order valence-electron chi connectivity index (χ0n) is 16.9. The van der Waals surface area contributed by atoms with E-state index in [0.29, 0.717) is 34.0 Å². The Morgan fingerprint density at radius 2 is 1.89 bits per heavy atom. The number of benzene rings is 1. The molecule has 0 saturated heterocycles. The van der Waals surface area contributed by atoms with Crippen molar-refractivity contribution in [3.05, 3.63) is 35.4 Å². The molecule has 0 aliphatic heterocycles. The Labute approximate surface area is 168 Å². The summed E-state index contributed by atoms with van der Waals surface area (Å²) in [6.07, 6.45) is 9.87. The van der Waals surface area contributed by atoms with E-state index >= 15 is 0 Å². The van der Waals surface area contributed by atoms with Crippen LogP contribution in [0.25, 0.3) is 0 Å². The summed E-state index contributed by atoms with van der Waals surface area (Å²) < 4.78 is 11.2. The average molecular weight is 390 g/mol. The Bertz CT molecular complexity index is 728. The Balaban J connectivity index is 1.52. The molecule has 4 atom stereocenters. The van der Waals surface area contributed by atoms with E-state index in [1.54, 1.807) is 13.2 Å². The molecule has 3 nitrogen and oxygen atoms in total. The van der Waals surface area contributed by atoms with Crippen LogP contribution in [0.15, 0.2) is 24.8 Å². The molecule has 5 rings (SSSR count). The molecule has 27 heavy (non-hydrogen) atoms. The summed E-state index contributed by atoms with van der Waals surface area (Å²) in [6.45, 7) is 9.94. The van der Waals surface area contributed by atoms with Crippen LogP contribution in [-0.4, -0.2) is 19.3 Å². The lowest BCUT2D eigenvalue weighted by Gasteiger charge is -2.65. The molecule has 4 aliphatic carbocycles. The summed E-state index contributed by atoms with van der Waals surface area (Å²) in [5.74, 6) is 2.17. The molecule has 4 saturated carbocycles. The van der Waals surface area contributed by atoms with Crippen LogP contribution in [0.2, 0.25) is 5.02 Å². The van der Waals surface area contributed by atoms with Crippen molar-refractivity contribution < 1.29 is 9.47 Å². The van der Waals surface area contributed by atoms with E-state index < -0.39 is 0 Å². The first-order valence-electron chi connectivity index (χ1n) is 10.1. The molecule has 1 N–H and O–H groups in total. The van der Waals surface area contributed by atoms with Crippen molar-refractivity contribution in [2.24, 2.45) is 16.7 Å². The normalized spacial score (nSPS) is 36.7. The van der Waals surface area contributed by atoms with E-state index in [2.05, 4.69) is 25.7 Å². The van der Waals surface area contributed by atoms with Gasteiger partial charge >= 0.3 is 0 Å². The molecule has 4 fully saturated rings. The van der Waals surface area contributed by atoms with E-state index in [1.165, 1.54) is 38.5 Å². The molecule has 0 heterocycles. The Morgan fingerprint density at radius 3 is 2.48 bits per heavy atom. The number of rotatable bonds is 7. The van der Waals surface area contributed by atoms with Gasteiger partial charge in [0, 0.05) is 12.1 Å². The van der Waals surface area contributed by atoms with Crippen LogP contribution in [0.1, 0.15) is 57.9 Å². The van der Waals surface area contributed by atoms with Crippen molar-refractivity contribution in [3.63, 3.8) is 0 Å². The molecule has 148 valence electrons. The Morgan fingerprint density at radius 1 is 1.19 bits per heavy atom. The first kappa shape index (κ1) is 19.1. The van der Waals surface area contributed by atoms with Crippen LogP contribution in [-0.2, 0) is 6.54 Å². The second-order valence-electron chi connectivity index (χ2n) is 9.97. The molecule has 2 unspecified atom stereocenters. The van der Waals surface area contributed by atoms with Crippen molar-refractivity contribution in [2.75, 3.05) is 13.7 Å². The third kappa shape index (κ3) is 3.61. The molecular formula is C23H32ClNO2. The molecule has 4 heteroatoms. The van der Waals surface area contributed by atoms with Gasteiger partial charge < -0.3 is 14.8 Å². The van der Waals surface area contributed by atoms with Gasteiger partial charge in [0.2, 0.25) is 0 Å². The number of nitrogens with one attached hydrogen (secondary N) is 1. The number of methoxy groups -OCH3 is 1. The van der Waals surface area contributed by atoms with Crippen LogP contribution < -0.4 is 14.8 Å². The second kappa shape index (κ2) is 6.70. The first-order chi connectivity index (χ1) is 12.8. The minimum atomic E-state index is 0.278. The highest BCUT2D eigenvalue weighted by molar-refractivity contribution is 6.32. The monoisotopic (exact) mass is 389 g/mol. The number of ether oxygens (including phenoxy) is 2. The second-order valence-corrected chi connectivity index (χ2v) is 10.4. The molecular weight excluding hydrogens is 358 g/mol. The van der Waals surface area contributed by atoms with Crippen LogP contribution in [0.5, 0.6) is 11.5 Å². The minimum absolute atomic E-state index is 0.278. The van der Waals surface area contributed by atoms with E-state index in [1.807, 2.05) is 12.1 Å². The lowest BCUT2D eigenvalue weighted by atomic mass is 9.43. The van der Waals surface area contributed by atoms with Crippen LogP contribution >= 0.6 is 11.6 Å². The standard InChI is InChI=1S/C23H32ClNO2/c1-5-6-27-20-18(24)7-16(8-19(20)26-4)12-25-23-11-17-9-21(2,14-23)13-22(3,10-17)15-23/h5,7-8,17,25H,1,6,9-15H2,2-4H3/t17?,21-,22+,23?. The predicted octanol–water partition coefficient (Wildman–Crippen LogP) is 5.75. The molecule has 0 spiro atoms. The van der Waals surface area contributed by atoms with E-state index in [-0.39, 0.29) is 5.54 Å². The fourth-order valence-corrected chi connectivity index (χ4v) is 7.38. The quantitative estimate of drug-likeness (QED) is 0.602. The van der Waals surface area contributed by atoms with E-state index in [0.717, 1.165) is 18.0 Å². The largest absolute Gasteiger partial charge is 0.493 e. The lowest BCUT2D eigenvalue weighted by molar-refractivity contribution is -0.118. The fraction of sp³-hybridized carbons (Fsp3) is 0.652. The van der Waals surface area contributed by atoms with E-state index in [4.69, 9.17) is 21.1 Å². The van der Waals surface area contributed by atoms with Crippen LogP contribution in [0.3, 0.4) is 0 Å². The average Bonchev–Trinajstić information content (AvgIpc) is 2.55. The van der Waals surface area contributed by atoms with Crippen LogP contribution in [0.4, 0.5) is 0 Å². The maximum absolute atomic E-state index is 6.48. The third-order valence-electron chi connectivity index (χ3n) is 6.93. The summed E-state index contributed by atoms with van der Waals surface area (Å²) in [4.78, 5) is 0. The maximum Gasteiger partial charge on any atom is 0.180 e. The summed E-state index contributed by atoms with van der Waals surface area (Å²) in [5.41, 5.74) is 2.45. The molecule has 4 aliphatic rings. The molecule has 0 aromatic heterocycles. The van der Waals surface area contributed by atoms with Crippen molar-refractivity contribution >= 4 is 11.6 Å². The van der Waals surface area contributed by atoms with Gasteiger partial charge in [-0.05, 0) is 73.0 Å². The van der Waals surface area contributed by atoms with Gasteiger partial charge in [-0.15, -0.1) is 0 Å². The summed E-state index contributed by atoms with van der Waals surface area (Å²) >= 11 is 6.48. The van der Waals surface area contributed by atoms with E-state index in [9.17, 15) is 0 Å². The van der Waals surface area contributed by atoms with Gasteiger partial charge in [0.1, 0.15) is 6.61 Å². The smallest absolute Gasteiger partial charge is 0.180 e.